The first-order chi connectivity index (χ1) is 8.27. The van der Waals surface area contributed by atoms with Crippen molar-refractivity contribution in [2.45, 2.75) is 61.6 Å². The van der Waals surface area contributed by atoms with Gasteiger partial charge in [-0.25, -0.2) is 0 Å². The zero-order chi connectivity index (χ0) is 12.1. The molecule has 0 heterocycles. The number of aryl methyl sites for hydroxylation is 1. The molecule has 1 fully saturated rings. The Labute approximate surface area is 109 Å². The van der Waals surface area contributed by atoms with E-state index in [9.17, 15) is 0 Å². The predicted molar refractivity (Wildman–Crippen MR) is 76.5 cm³/mol. The molecule has 0 aliphatic heterocycles. The minimum Gasteiger partial charge on any atom is -0.327 e. The number of thioether (sulfide) groups is 1. The number of nitrogens with two attached hydrogens (primary N) is 1. The summed E-state index contributed by atoms with van der Waals surface area (Å²) in [6, 6.07) is 9.03. The Kier molecular flexibility index (Phi) is 4.93. The first kappa shape index (κ1) is 13.0. The van der Waals surface area contributed by atoms with Gasteiger partial charge in [0.25, 0.3) is 0 Å². The van der Waals surface area contributed by atoms with Gasteiger partial charge < -0.3 is 5.73 Å². The van der Waals surface area contributed by atoms with Crippen LogP contribution in [-0.2, 0) is 0 Å². The molecule has 2 unspecified atom stereocenters. The summed E-state index contributed by atoms with van der Waals surface area (Å²) in [5.41, 5.74) is 7.71. The molecular weight excluding hydrogens is 226 g/mol. The molecule has 1 aromatic rings. The summed E-state index contributed by atoms with van der Waals surface area (Å²) in [6.45, 7) is 2.19. The molecule has 0 saturated heterocycles. The normalized spacial score (nSPS) is 26.2. The van der Waals surface area contributed by atoms with Crippen LogP contribution in [0.25, 0.3) is 0 Å². The van der Waals surface area contributed by atoms with Gasteiger partial charge in [0.2, 0.25) is 0 Å². The molecule has 2 atom stereocenters. The standard InChI is InChI=1S/C15H23NS/c1-12-8-6-7-10-14(12)17-15-11-5-3-2-4-9-13(15)16/h6-8,10,13,15H,2-5,9,11,16H2,1H3. The second-order valence-corrected chi connectivity index (χ2v) is 6.36. The molecule has 2 rings (SSSR count). The van der Waals surface area contributed by atoms with E-state index in [0.29, 0.717) is 11.3 Å². The Hall–Kier alpha value is -0.470. The summed E-state index contributed by atoms with van der Waals surface area (Å²) in [4.78, 5) is 1.41. The molecule has 0 amide bonds. The smallest absolute Gasteiger partial charge is 0.0246 e. The van der Waals surface area contributed by atoms with Gasteiger partial charge in [0.1, 0.15) is 0 Å². The Morgan fingerprint density at radius 1 is 1.06 bits per heavy atom. The second kappa shape index (κ2) is 6.46. The fraction of sp³-hybridized carbons (Fsp3) is 0.600. The van der Waals surface area contributed by atoms with E-state index in [4.69, 9.17) is 5.73 Å². The summed E-state index contributed by atoms with van der Waals surface area (Å²) in [7, 11) is 0. The quantitative estimate of drug-likeness (QED) is 0.852. The van der Waals surface area contributed by atoms with Gasteiger partial charge in [0.15, 0.2) is 0 Å². The summed E-state index contributed by atoms with van der Waals surface area (Å²) in [5.74, 6) is 0. The topological polar surface area (TPSA) is 26.0 Å². The fourth-order valence-corrected chi connectivity index (χ4v) is 3.81. The van der Waals surface area contributed by atoms with Crippen LogP contribution in [0.15, 0.2) is 29.2 Å². The molecule has 0 spiro atoms. The molecule has 94 valence electrons. The molecule has 2 N–H and O–H groups in total. The van der Waals surface area contributed by atoms with Crippen molar-refractivity contribution in [2.24, 2.45) is 5.73 Å². The van der Waals surface area contributed by atoms with E-state index < -0.39 is 0 Å². The molecular formula is C15H23NS. The largest absolute Gasteiger partial charge is 0.327 e. The Balaban J connectivity index is 2.02. The first-order valence-electron chi connectivity index (χ1n) is 6.75. The SMILES string of the molecule is Cc1ccccc1SC1CCCCCCC1N. The van der Waals surface area contributed by atoms with Crippen molar-refractivity contribution < 1.29 is 0 Å². The monoisotopic (exact) mass is 249 g/mol. The highest BCUT2D eigenvalue weighted by Crippen LogP contribution is 2.33. The van der Waals surface area contributed by atoms with Crippen LogP contribution in [-0.4, -0.2) is 11.3 Å². The average Bonchev–Trinajstić information content (AvgIpc) is 2.31. The third-order valence-corrected chi connectivity index (χ3v) is 5.23. The van der Waals surface area contributed by atoms with E-state index in [2.05, 4.69) is 31.2 Å². The van der Waals surface area contributed by atoms with Gasteiger partial charge in [0, 0.05) is 16.2 Å². The molecule has 1 aromatic carbocycles. The van der Waals surface area contributed by atoms with Crippen molar-refractivity contribution in [3.8, 4) is 0 Å². The Bertz CT molecular complexity index is 351. The molecule has 0 bridgehead atoms. The van der Waals surface area contributed by atoms with Crippen molar-refractivity contribution in [3.63, 3.8) is 0 Å². The van der Waals surface area contributed by atoms with Crippen molar-refractivity contribution in [3.05, 3.63) is 29.8 Å². The van der Waals surface area contributed by atoms with Gasteiger partial charge in [0.05, 0.1) is 0 Å². The van der Waals surface area contributed by atoms with Crippen LogP contribution in [0.5, 0.6) is 0 Å². The highest BCUT2D eigenvalue weighted by molar-refractivity contribution is 8.00. The average molecular weight is 249 g/mol. The zero-order valence-electron chi connectivity index (χ0n) is 10.7. The summed E-state index contributed by atoms with van der Waals surface area (Å²) in [6.07, 6.45) is 7.89. The lowest BCUT2D eigenvalue weighted by molar-refractivity contribution is 0.463. The van der Waals surface area contributed by atoms with Gasteiger partial charge in [-0.3, -0.25) is 0 Å². The van der Waals surface area contributed by atoms with Crippen molar-refractivity contribution >= 4 is 11.8 Å². The van der Waals surface area contributed by atoms with Gasteiger partial charge in [-0.1, -0.05) is 43.9 Å². The van der Waals surface area contributed by atoms with Crippen LogP contribution >= 0.6 is 11.8 Å². The Morgan fingerprint density at radius 2 is 1.76 bits per heavy atom. The highest BCUT2D eigenvalue weighted by Gasteiger charge is 2.20. The van der Waals surface area contributed by atoms with Crippen molar-refractivity contribution in [1.82, 2.24) is 0 Å². The summed E-state index contributed by atoms with van der Waals surface area (Å²) in [5, 5.41) is 0.608. The number of rotatable bonds is 2. The van der Waals surface area contributed by atoms with E-state index in [0.717, 1.165) is 0 Å². The maximum absolute atomic E-state index is 6.33. The van der Waals surface area contributed by atoms with Gasteiger partial charge >= 0.3 is 0 Å². The maximum Gasteiger partial charge on any atom is 0.0246 e. The lowest BCUT2D eigenvalue weighted by atomic mass is 9.97. The number of hydrogen-bond donors (Lipinski definition) is 1. The first-order valence-corrected chi connectivity index (χ1v) is 7.63. The molecule has 1 aliphatic rings. The van der Waals surface area contributed by atoms with Crippen molar-refractivity contribution in [2.75, 3.05) is 0 Å². The molecule has 1 nitrogen and oxygen atoms in total. The van der Waals surface area contributed by atoms with Crippen LogP contribution in [0.3, 0.4) is 0 Å². The molecule has 0 aromatic heterocycles. The summed E-state index contributed by atoms with van der Waals surface area (Å²) < 4.78 is 0. The maximum atomic E-state index is 6.33. The molecule has 1 aliphatic carbocycles. The van der Waals surface area contributed by atoms with E-state index in [1.165, 1.54) is 49.0 Å². The lowest BCUT2D eigenvalue weighted by Crippen LogP contribution is -2.33. The van der Waals surface area contributed by atoms with Gasteiger partial charge in [-0.05, 0) is 31.4 Å². The van der Waals surface area contributed by atoms with Gasteiger partial charge in [-0.15, -0.1) is 11.8 Å². The predicted octanol–water partition coefficient (Wildman–Crippen LogP) is 4.14. The number of hydrogen-bond acceptors (Lipinski definition) is 2. The van der Waals surface area contributed by atoms with Crippen LogP contribution < -0.4 is 5.73 Å². The fourth-order valence-electron chi connectivity index (χ4n) is 2.48. The molecule has 1 saturated carbocycles. The zero-order valence-corrected chi connectivity index (χ0v) is 11.5. The molecule has 2 heteroatoms. The number of benzene rings is 1. The van der Waals surface area contributed by atoms with E-state index in [1.54, 1.807) is 0 Å². The summed E-state index contributed by atoms with van der Waals surface area (Å²) >= 11 is 2.00. The third kappa shape index (κ3) is 3.75. The molecule has 17 heavy (non-hydrogen) atoms. The van der Waals surface area contributed by atoms with Crippen LogP contribution in [0.1, 0.15) is 44.1 Å². The second-order valence-electron chi connectivity index (χ2n) is 5.08. The lowest BCUT2D eigenvalue weighted by Gasteiger charge is -2.26. The van der Waals surface area contributed by atoms with Crippen molar-refractivity contribution in [1.29, 1.82) is 0 Å². The van der Waals surface area contributed by atoms with E-state index in [1.807, 2.05) is 11.8 Å². The minimum atomic E-state index is 0.375. The van der Waals surface area contributed by atoms with Crippen LogP contribution in [0.4, 0.5) is 0 Å². The highest BCUT2D eigenvalue weighted by atomic mass is 32.2. The minimum absolute atomic E-state index is 0.375. The Morgan fingerprint density at radius 3 is 2.53 bits per heavy atom. The van der Waals surface area contributed by atoms with Gasteiger partial charge in [-0.2, -0.15) is 0 Å². The van der Waals surface area contributed by atoms with E-state index >= 15 is 0 Å². The van der Waals surface area contributed by atoms with Crippen LogP contribution in [0, 0.1) is 6.92 Å². The third-order valence-electron chi connectivity index (χ3n) is 3.63. The van der Waals surface area contributed by atoms with Crippen LogP contribution in [0.2, 0.25) is 0 Å². The molecule has 0 radical (unpaired) electrons. The van der Waals surface area contributed by atoms with E-state index in [-0.39, 0.29) is 0 Å².